The number of benzene rings is 1. The second-order valence-corrected chi connectivity index (χ2v) is 21.0. The zero-order chi connectivity index (χ0) is 36.1. The molecular formula is C42H60N2O5S. The maximum absolute atomic E-state index is 13.8. The minimum atomic E-state index is -2.99. The van der Waals surface area contributed by atoms with Crippen molar-refractivity contribution in [2.45, 2.75) is 105 Å². The molecular weight excluding hydrogens is 645 g/mol. The summed E-state index contributed by atoms with van der Waals surface area (Å²) < 4.78 is 24.0. The van der Waals surface area contributed by atoms with Crippen LogP contribution in [0.2, 0.25) is 0 Å². The molecule has 9 atom stereocenters. The Hall–Kier alpha value is -2.45. The lowest BCUT2D eigenvalue weighted by atomic mass is 9.33. The average molecular weight is 705 g/mol. The van der Waals surface area contributed by atoms with Crippen LogP contribution in [0.25, 0.3) is 5.57 Å². The van der Waals surface area contributed by atoms with Gasteiger partial charge in [-0.05, 0) is 139 Å². The van der Waals surface area contributed by atoms with E-state index in [2.05, 4.69) is 59.5 Å². The Kier molecular flexibility index (Phi) is 8.65. The summed E-state index contributed by atoms with van der Waals surface area (Å²) in [5.41, 5.74) is 4.35. The Morgan fingerprint density at radius 1 is 0.900 bits per heavy atom. The highest BCUT2D eigenvalue weighted by atomic mass is 32.2. The highest BCUT2D eigenvalue weighted by Gasteiger charge is 2.70. The lowest BCUT2D eigenvalue weighted by molar-refractivity contribution is -0.219. The molecule has 8 heteroatoms. The Balaban J connectivity index is 1.16. The van der Waals surface area contributed by atoms with Crippen LogP contribution in [0.4, 0.5) is 0 Å². The molecule has 0 spiro atoms. The highest BCUT2D eigenvalue weighted by Crippen LogP contribution is 2.76. The number of sulfone groups is 1. The van der Waals surface area contributed by atoms with Crippen molar-refractivity contribution in [2.75, 3.05) is 31.1 Å². The van der Waals surface area contributed by atoms with Crippen LogP contribution >= 0.6 is 0 Å². The zero-order valence-corrected chi connectivity index (χ0v) is 32.1. The van der Waals surface area contributed by atoms with E-state index in [0.717, 1.165) is 37.7 Å². The molecule has 1 heterocycles. The van der Waals surface area contributed by atoms with E-state index in [0.29, 0.717) is 48.2 Å². The number of amides is 1. The van der Waals surface area contributed by atoms with E-state index in [1.54, 1.807) is 12.1 Å². The average Bonchev–Trinajstić information content (AvgIpc) is 3.42. The van der Waals surface area contributed by atoms with Crippen molar-refractivity contribution in [2.24, 2.45) is 51.2 Å². The lowest BCUT2D eigenvalue weighted by Gasteiger charge is -2.72. The minimum Gasteiger partial charge on any atom is -0.478 e. The smallest absolute Gasteiger partial charge is 0.335 e. The largest absolute Gasteiger partial charge is 0.478 e. The number of carbonyl (C=O) groups is 2. The maximum Gasteiger partial charge on any atom is 0.335 e. The summed E-state index contributed by atoms with van der Waals surface area (Å²) in [6.07, 6.45) is 12.5. The summed E-state index contributed by atoms with van der Waals surface area (Å²) in [5, 5.41) is 13.1. The molecule has 5 fully saturated rings. The molecule has 0 aromatic heterocycles. The van der Waals surface area contributed by atoms with E-state index >= 15 is 0 Å². The lowest BCUT2D eigenvalue weighted by Crippen LogP contribution is -2.68. The van der Waals surface area contributed by atoms with E-state index in [1.165, 1.54) is 36.8 Å². The Morgan fingerprint density at radius 3 is 2.22 bits per heavy atom. The Bertz CT molecular complexity index is 1700. The zero-order valence-electron chi connectivity index (χ0n) is 31.3. The summed E-state index contributed by atoms with van der Waals surface area (Å²) >= 11 is 0. The van der Waals surface area contributed by atoms with Gasteiger partial charge >= 0.3 is 5.97 Å². The third-order valence-electron chi connectivity index (χ3n) is 16.3. The van der Waals surface area contributed by atoms with Gasteiger partial charge < -0.3 is 10.4 Å². The van der Waals surface area contributed by atoms with Crippen molar-refractivity contribution in [3.63, 3.8) is 0 Å². The molecule has 5 aliphatic carbocycles. The molecule has 3 unspecified atom stereocenters. The van der Waals surface area contributed by atoms with Crippen molar-refractivity contribution in [1.82, 2.24) is 10.2 Å². The second-order valence-electron chi connectivity index (χ2n) is 18.7. The summed E-state index contributed by atoms with van der Waals surface area (Å²) in [6.45, 7) is 20.6. The minimum absolute atomic E-state index is 0.0299. The molecule has 0 bridgehead atoms. The number of carboxylic acids is 1. The van der Waals surface area contributed by atoms with Gasteiger partial charge in [-0.15, -0.1) is 0 Å². The molecule has 1 aromatic carbocycles. The van der Waals surface area contributed by atoms with Crippen molar-refractivity contribution < 1.29 is 23.1 Å². The van der Waals surface area contributed by atoms with E-state index < -0.39 is 15.8 Å². The molecule has 7 rings (SSSR count). The predicted molar refractivity (Wildman–Crippen MR) is 199 cm³/mol. The number of rotatable bonds is 6. The molecule has 274 valence electrons. The summed E-state index contributed by atoms with van der Waals surface area (Å²) in [4.78, 5) is 27.3. The van der Waals surface area contributed by atoms with E-state index in [4.69, 9.17) is 0 Å². The van der Waals surface area contributed by atoms with Gasteiger partial charge in [-0.25, -0.2) is 13.2 Å². The number of allylic oxidation sites excluding steroid dienone is 3. The quantitative estimate of drug-likeness (QED) is 0.295. The first kappa shape index (κ1) is 35.9. The van der Waals surface area contributed by atoms with Crippen molar-refractivity contribution >= 4 is 27.3 Å². The first-order chi connectivity index (χ1) is 23.4. The van der Waals surface area contributed by atoms with E-state index in [-0.39, 0.29) is 51.2 Å². The summed E-state index contributed by atoms with van der Waals surface area (Å²) in [5.74, 6) is 1.87. The van der Waals surface area contributed by atoms with Gasteiger partial charge in [0.15, 0.2) is 9.84 Å². The molecule has 4 saturated carbocycles. The third-order valence-corrected chi connectivity index (χ3v) is 17.9. The van der Waals surface area contributed by atoms with Crippen LogP contribution in [0.3, 0.4) is 0 Å². The van der Waals surface area contributed by atoms with Crippen molar-refractivity contribution in [3.05, 3.63) is 53.6 Å². The number of aromatic carboxylic acids is 1. The number of nitrogens with one attached hydrogen (secondary N) is 1. The SMILES string of the molecule is C=C(C)[C@@H]1CC[C@]2(NC(=O)CN3CCS(=O)(=O)CC3)CC[C@]3(C)[C@H](CCC4[C@@]5(C)CC=C(c6ccc(C(=O)O)cc6)C(C)(C)C5CC[C@]43C)C12. The predicted octanol–water partition coefficient (Wildman–Crippen LogP) is 7.63. The fourth-order valence-electron chi connectivity index (χ4n) is 13.7. The summed E-state index contributed by atoms with van der Waals surface area (Å²) in [7, 11) is -2.99. The molecule has 50 heavy (non-hydrogen) atoms. The topological polar surface area (TPSA) is 104 Å². The van der Waals surface area contributed by atoms with Gasteiger partial charge in [-0.1, -0.05) is 65.0 Å². The van der Waals surface area contributed by atoms with Gasteiger partial charge in [0.05, 0.1) is 23.6 Å². The number of hydrogen-bond donors (Lipinski definition) is 2. The number of fused-ring (bicyclic) bond motifs is 7. The van der Waals surface area contributed by atoms with Crippen LogP contribution < -0.4 is 5.32 Å². The van der Waals surface area contributed by atoms with Crippen LogP contribution in [0.1, 0.15) is 115 Å². The van der Waals surface area contributed by atoms with Crippen molar-refractivity contribution in [3.8, 4) is 0 Å². The normalized spacial score (nSPS) is 41.8. The molecule has 1 saturated heterocycles. The monoisotopic (exact) mass is 704 g/mol. The first-order valence-corrected chi connectivity index (χ1v) is 21.1. The van der Waals surface area contributed by atoms with Gasteiger partial charge in [0, 0.05) is 18.6 Å². The maximum atomic E-state index is 13.8. The Morgan fingerprint density at radius 2 is 1.58 bits per heavy atom. The molecule has 1 amide bonds. The molecule has 1 aromatic rings. The van der Waals surface area contributed by atoms with Gasteiger partial charge in [0.1, 0.15) is 0 Å². The molecule has 1 aliphatic heterocycles. The van der Waals surface area contributed by atoms with Crippen LogP contribution in [-0.4, -0.2) is 67.0 Å². The molecule has 2 N–H and O–H groups in total. The van der Waals surface area contributed by atoms with Crippen LogP contribution in [0, 0.1) is 51.2 Å². The summed E-state index contributed by atoms with van der Waals surface area (Å²) in [6, 6.07) is 7.50. The number of nitrogens with zero attached hydrogens (tertiary/aromatic N) is 1. The number of carboxylic acid groups (broad SMARTS) is 1. The van der Waals surface area contributed by atoms with Gasteiger partial charge in [-0.3, -0.25) is 9.69 Å². The van der Waals surface area contributed by atoms with Crippen molar-refractivity contribution in [1.29, 1.82) is 0 Å². The van der Waals surface area contributed by atoms with Crippen LogP contribution in [-0.2, 0) is 14.6 Å². The van der Waals surface area contributed by atoms with E-state index in [1.807, 2.05) is 17.0 Å². The first-order valence-electron chi connectivity index (χ1n) is 19.3. The van der Waals surface area contributed by atoms with Gasteiger partial charge in [-0.2, -0.15) is 0 Å². The number of carbonyl (C=O) groups excluding carboxylic acids is 1. The van der Waals surface area contributed by atoms with E-state index in [9.17, 15) is 23.1 Å². The van der Waals surface area contributed by atoms with Gasteiger partial charge in [0.2, 0.25) is 5.91 Å². The fraction of sp³-hybridized carbons (Fsp3) is 0.714. The highest BCUT2D eigenvalue weighted by molar-refractivity contribution is 7.91. The fourth-order valence-corrected chi connectivity index (χ4v) is 15.0. The second kappa shape index (κ2) is 12.0. The third kappa shape index (κ3) is 5.39. The van der Waals surface area contributed by atoms with Gasteiger partial charge in [0.25, 0.3) is 0 Å². The number of hydrogen-bond acceptors (Lipinski definition) is 5. The Labute approximate surface area is 300 Å². The molecule has 6 aliphatic rings. The molecule has 7 nitrogen and oxygen atoms in total. The van der Waals surface area contributed by atoms with Crippen LogP contribution in [0.15, 0.2) is 42.5 Å². The molecule has 0 radical (unpaired) electrons. The standard InChI is InChI=1S/C42H60N2O5S/c1-27(2)30-14-19-42(43-35(45)26-44-22-24-50(48,49)25-23-44)21-20-40(6)32(36(30)42)12-13-34-39(5)17-15-31(28-8-10-29(11-9-28)37(46)47)38(3,4)33(39)16-18-41(34,40)7/h8-11,15,30,32-34,36H,1,12-14,16-26H2,2-7H3,(H,43,45)(H,46,47)/t30-,32+,33?,34?,36?,39-,40+,41+,42-/m0/s1. The van der Waals surface area contributed by atoms with Crippen LogP contribution in [0.5, 0.6) is 0 Å².